The van der Waals surface area contributed by atoms with Crippen LogP contribution in [-0.4, -0.2) is 15.2 Å². The van der Waals surface area contributed by atoms with Crippen molar-refractivity contribution >= 4 is 55.5 Å². The molecule has 4 aromatic carbocycles. The predicted octanol–water partition coefficient (Wildman–Crippen LogP) is 8.95. The van der Waals surface area contributed by atoms with E-state index < -0.39 is 0 Å². The Kier molecular flexibility index (Phi) is 6.86. The molecule has 0 aliphatic carbocycles. The summed E-state index contributed by atoms with van der Waals surface area (Å²) in [5.74, 6) is 2.43. The van der Waals surface area contributed by atoms with Gasteiger partial charge in [0.25, 0.3) is 0 Å². The summed E-state index contributed by atoms with van der Waals surface area (Å²) >= 11 is 4.97. The molecule has 0 aliphatic heterocycles. The van der Waals surface area contributed by atoms with E-state index in [-0.39, 0.29) is 0 Å². The highest BCUT2D eigenvalue weighted by Gasteiger charge is 2.09. The lowest BCUT2D eigenvalue weighted by atomic mass is 10.1. The fraction of sp³-hybridized carbons (Fsp3) is 0.0690. The predicted molar refractivity (Wildman–Crippen MR) is 156 cm³/mol. The molecular weight excluding hydrogens is 517 g/mol. The molecule has 0 atom stereocenters. The molecule has 0 aliphatic rings. The first-order valence-electron chi connectivity index (χ1n) is 11.7. The van der Waals surface area contributed by atoms with Crippen LogP contribution in [0, 0.1) is 6.92 Å². The smallest absolute Gasteiger partial charge is 0.210 e. The van der Waals surface area contributed by atoms with Crippen molar-refractivity contribution < 1.29 is 4.74 Å². The number of nitrogens with one attached hydrogen (secondary N) is 1. The Morgan fingerprint density at radius 2 is 1.59 bits per heavy atom. The molecule has 182 valence electrons. The number of anilines is 2. The molecule has 5 nitrogen and oxygen atoms in total. The zero-order valence-corrected chi connectivity index (χ0v) is 22.4. The molecule has 8 heteroatoms. The zero-order valence-electron chi connectivity index (χ0n) is 19.9. The lowest BCUT2D eigenvalue weighted by Crippen LogP contribution is -1.90. The van der Waals surface area contributed by atoms with Gasteiger partial charge in [0.1, 0.15) is 16.5 Å². The van der Waals surface area contributed by atoms with Crippen LogP contribution in [-0.2, 0) is 5.75 Å². The van der Waals surface area contributed by atoms with Gasteiger partial charge in [-0.15, -0.1) is 21.5 Å². The van der Waals surface area contributed by atoms with Crippen molar-refractivity contribution in [1.29, 1.82) is 0 Å². The molecule has 6 rings (SSSR count). The standard InChI is InChI=1S/C29H22N4OS3/c1-19-7-16-26-25(17-19)31-27(36-26)21-10-8-20(9-11-21)18-35-29-33-32-28(37-29)30-22-12-14-24(15-13-22)34-23-5-3-2-4-6-23/h2-17H,18H2,1H3,(H,30,32). The van der Waals surface area contributed by atoms with Gasteiger partial charge in [-0.3, -0.25) is 0 Å². The van der Waals surface area contributed by atoms with Gasteiger partial charge in [-0.05, 0) is 66.6 Å². The van der Waals surface area contributed by atoms with E-state index in [1.54, 1.807) is 34.4 Å². The minimum Gasteiger partial charge on any atom is -0.457 e. The number of fused-ring (bicyclic) bond motifs is 1. The zero-order chi connectivity index (χ0) is 25.0. The summed E-state index contributed by atoms with van der Waals surface area (Å²) in [6.45, 7) is 2.10. The first kappa shape index (κ1) is 23.7. The Labute approximate surface area is 227 Å². The Balaban J connectivity index is 1.04. The molecule has 0 saturated heterocycles. The third-order valence-electron chi connectivity index (χ3n) is 5.60. The highest BCUT2D eigenvalue weighted by atomic mass is 32.2. The topological polar surface area (TPSA) is 59.9 Å². The molecule has 2 heterocycles. The highest BCUT2D eigenvalue weighted by molar-refractivity contribution is 8.00. The van der Waals surface area contributed by atoms with E-state index in [1.807, 2.05) is 54.6 Å². The number of thiazole rings is 1. The number of hydrogen-bond acceptors (Lipinski definition) is 8. The number of para-hydroxylation sites is 1. The number of rotatable bonds is 8. The molecule has 0 bridgehead atoms. The van der Waals surface area contributed by atoms with Gasteiger partial charge in [0, 0.05) is 17.0 Å². The monoisotopic (exact) mass is 538 g/mol. The number of ether oxygens (including phenoxy) is 1. The molecule has 0 fully saturated rings. The van der Waals surface area contributed by atoms with E-state index in [0.29, 0.717) is 0 Å². The fourth-order valence-electron chi connectivity index (χ4n) is 3.72. The number of hydrogen-bond donors (Lipinski definition) is 1. The second kappa shape index (κ2) is 10.7. The van der Waals surface area contributed by atoms with Crippen molar-refractivity contribution in [1.82, 2.24) is 15.2 Å². The van der Waals surface area contributed by atoms with E-state index in [0.717, 1.165) is 48.5 Å². The Bertz CT molecular complexity index is 1630. The Hall–Kier alpha value is -3.72. The number of benzene rings is 4. The minimum atomic E-state index is 0.764. The van der Waals surface area contributed by atoms with Crippen molar-refractivity contribution in [2.45, 2.75) is 17.0 Å². The van der Waals surface area contributed by atoms with Crippen LogP contribution in [0.1, 0.15) is 11.1 Å². The van der Waals surface area contributed by atoms with Crippen molar-refractivity contribution in [3.05, 3.63) is 108 Å². The van der Waals surface area contributed by atoms with Crippen LogP contribution in [0.2, 0.25) is 0 Å². The van der Waals surface area contributed by atoms with E-state index in [4.69, 9.17) is 9.72 Å². The first-order valence-corrected chi connectivity index (χ1v) is 14.3. The van der Waals surface area contributed by atoms with E-state index in [1.165, 1.54) is 15.8 Å². The molecular formula is C29H22N4OS3. The van der Waals surface area contributed by atoms with Crippen LogP contribution in [0.25, 0.3) is 20.8 Å². The lowest BCUT2D eigenvalue weighted by Gasteiger charge is -2.06. The molecule has 0 saturated carbocycles. The molecule has 0 radical (unpaired) electrons. The number of thioether (sulfide) groups is 1. The number of aryl methyl sites for hydroxylation is 1. The van der Waals surface area contributed by atoms with Gasteiger partial charge >= 0.3 is 0 Å². The number of aromatic nitrogens is 3. The summed E-state index contributed by atoms with van der Waals surface area (Å²) in [5, 5.41) is 13.8. The average Bonchev–Trinajstić information content (AvgIpc) is 3.56. The summed E-state index contributed by atoms with van der Waals surface area (Å²) in [6.07, 6.45) is 0. The Morgan fingerprint density at radius 1 is 0.811 bits per heavy atom. The summed E-state index contributed by atoms with van der Waals surface area (Å²) < 4.78 is 8.00. The molecule has 6 aromatic rings. The van der Waals surface area contributed by atoms with E-state index in [9.17, 15) is 0 Å². The second-order valence-electron chi connectivity index (χ2n) is 8.41. The van der Waals surface area contributed by atoms with Gasteiger partial charge in [-0.1, -0.05) is 71.6 Å². The first-order chi connectivity index (χ1) is 18.2. The fourth-order valence-corrected chi connectivity index (χ4v) is 6.40. The highest BCUT2D eigenvalue weighted by Crippen LogP contribution is 2.33. The van der Waals surface area contributed by atoms with Gasteiger partial charge in [0.05, 0.1) is 10.2 Å². The largest absolute Gasteiger partial charge is 0.457 e. The van der Waals surface area contributed by atoms with Crippen molar-refractivity contribution in [2.75, 3.05) is 5.32 Å². The minimum absolute atomic E-state index is 0.764. The van der Waals surface area contributed by atoms with Crippen LogP contribution in [0.15, 0.2) is 101 Å². The van der Waals surface area contributed by atoms with Crippen LogP contribution in [0.5, 0.6) is 11.5 Å². The van der Waals surface area contributed by atoms with Crippen LogP contribution >= 0.6 is 34.4 Å². The van der Waals surface area contributed by atoms with Crippen LogP contribution < -0.4 is 10.1 Å². The summed E-state index contributed by atoms with van der Waals surface area (Å²) in [7, 11) is 0. The van der Waals surface area contributed by atoms with Crippen molar-refractivity contribution in [3.8, 4) is 22.1 Å². The molecule has 0 spiro atoms. The van der Waals surface area contributed by atoms with Gasteiger partial charge in [-0.25, -0.2) is 4.98 Å². The third kappa shape index (κ3) is 5.83. The van der Waals surface area contributed by atoms with Crippen molar-refractivity contribution in [3.63, 3.8) is 0 Å². The maximum atomic E-state index is 5.85. The van der Waals surface area contributed by atoms with Gasteiger partial charge in [0.15, 0.2) is 4.34 Å². The summed E-state index contributed by atoms with van der Waals surface area (Å²) in [6, 6.07) is 32.6. The quantitative estimate of drug-likeness (QED) is 0.195. The van der Waals surface area contributed by atoms with Crippen LogP contribution in [0.4, 0.5) is 10.8 Å². The van der Waals surface area contributed by atoms with E-state index >= 15 is 0 Å². The molecule has 1 N–H and O–H groups in total. The maximum absolute atomic E-state index is 5.85. The molecule has 0 unspecified atom stereocenters. The third-order valence-corrected chi connectivity index (χ3v) is 8.73. The Morgan fingerprint density at radius 3 is 2.41 bits per heavy atom. The average molecular weight is 539 g/mol. The summed E-state index contributed by atoms with van der Waals surface area (Å²) in [4.78, 5) is 4.81. The number of nitrogens with zero attached hydrogens (tertiary/aromatic N) is 3. The molecule has 37 heavy (non-hydrogen) atoms. The summed E-state index contributed by atoms with van der Waals surface area (Å²) in [5.41, 5.74) is 5.63. The van der Waals surface area contributed by atoms with Gasteiger partial charge in [-0.2, -0.15) is 0 Å². The van der Waals surface area contributed by atoms with Gasteiger partial charge in [0.2, 0.25) is 5.13 Å². The molecule has 2 aromatic heterocycles. The van der Waals surface area contributed by atoms with Crippen LogP contribution in [0.3, 0.4) is 0 Å². The SMILES string of the molecule is Cc1ccc2sc(-c3ccc(CSc4nnc(Nc5ccc(Oc6ccccc6)cc5)s4)cc3)nc2c1. The maximum Gasteiger partial charge on any atom is 0.210 e. The molecule has 0 amide bonds. The van der Waals surface area contributed by atoms with Crippen molar-refractivity contribution in [2.24, 2.45) is 0 Å². The second-order valence-corrected chi connectivity index (χ2v) is 11.6. The van der Waals surface area contributed by atoms with E-state index in [2.05, 4.69) is 64.9 Å². The normalized spacial score (nSPS) is 11.1. The van der Waals surface area contributed by atoms with Gasteiger partial charge < -0.3 is 10.1 Å². The lowest BCUT2D eigenvalue weighted by molar-refractivity contribution is 0.483.